The van der Waals surface area contributed by atoms with Crippen LogP contribution in [-0.4, -0.2) is 24.5 Å². The number of aromatic carboxylic acids is 1. The average molecular weight is 224 g/mol. The molecule has 4 heteroatoms. The molecule has 0 unspecified atom stereocenters. The molecule has 0 bridgehead atoms. The molecule has 4 nitrogen and oxygen atoms in total. The van der Waals surface area contributed by atoms with Crippen molar-refractivity contribution in [3.05, 3.63) is 28.8 Å². The van der Waals surface area contributed by atoms with Crippen LogP contribution >= 0.6 is 0 Å². The number of ether oxygens (including phenoxy) is 2. The number of aryl methyl sites for hydroxylation is 2. The highest BCUT2D eigenvalue weighted by Crippen LogP contribution is 2.24. The van der Waals surface area contributed by atoms with Crippen LogP contribution < -0.4 is 4.74 Å². The molecule has 0 saturated heterocycles. The first-order valence-corrected chi connectivity index (χ1v) is 5.11. The van der Waals surface area contributed by atoms with Crippen LogP contribution in [0.25, 0.3) is 0 Å². The molecule has 0 atom stereocenters. The van der Waals surface area contributed by atoms with Gasteiger partial charge in [-0.25, -0.2) is 4.79 Å². The lowest BCUT2D eigenvalue weighted by atomic mass is 10.1. The molecule has 1 rings (SSSR count). The third-order valence-electron chi connectivity index (χ3n) is 2.20. The Morgan fingerprint density at radius 2 is 1.88 bits per heavy atom. The summed E-state index contributed by atoms with van der Waals surface area (Å²) in [6, 6.07) is 3.19. The molecule has 0 aliphatic carbocycles. The highest BCUT2D eigenvalue weighted by atomic mass is 16.7. The summed E-state index contributed by atoms with van der Waals surface area (Å²) in [5, 5.41) is 8.87. The molecule has 0 fully saturated rings. The molecule has 1 aromatic carbocycles. The fourth-order valence-corrected chi connectivity index (χ4v) is 1.49. The minimum absolute atomic E-state index is 0.185. The van der Waals surface area contributed by atoms with Crippen molar-refractivity contribution in [3.8, 4) is 5.75 Å². The minimum Gasteiger partial charge on any atom is -0.478 e. The van der Waals surface area contributed by atoms with E-state index in [2.05, 4.69) is 0 Å². The molecule has 88 valence electrons. The predicted molar refractivity (Wildman–Crippen MR) is 60.0 cm³/mol. The van der Waals surface area contributed by atoms with Crippen molar-refractivity contribution < 1.29 is 19.4 Å². The number of rotatable bonds is 5. The highest BCUT2D eigenvalue weighted by molar-refractivity contribution is 5.88. The second-order valence-corrected chi connectivity index (χ2v) is 3.50. The van der Waals surface area contributed by atoms with Crippen molar-refractivity contribution in [3.63, 3.8) is 0 Å². The van der Waals surface area contributed by atoms with Crippen molar-refractivity contribution in [2.24, 2.45) is 0 Å². The lowest BCUT2D eigenvalue weighted by molar-refractivity contribution is 0.0216. The van der Waals surface area contributed by atoms with Crippen molar-refractivity contribution >= 4 is 5.97 Å². The van der Waals surface area contributed by atoms with E-state index in [1.54, 1.807) is 12.1 Å². The largest absolute Gasteiger partial charge is 0.478 e. The van der Waals surface area contributed by atoms with Gasteiger partial charge in [-0.3, -0.25) is 0 Å². The number of carbonyl (C=O) groups is 1. The fourth-order valence-electron chi connectivity index (χ4n) is 1.49. The van der Waals surface area contributed by atoms with E-state index >= 15 is 0 Å². The van der Waals surface area contributed by atoms with Crippen LogP contribution in [0.3, 0.4) is 0 Å². The topological polar surface area (TPSA) is 55.8 Å². The quantitative estimate of drug-likeness (QED) is 0.616. The normalized spacial score (nSPS) is 10.2. The summed E-state index contributed by atoms with van der Waals surface area (Å²) in [4.78, 5) is 10.8. The highest BCUT2D eigenvalue weighted by Gasteiger charge is 2.10. The van der Waals surface area contributed by atoms with Gasteiger partial charge in [-0.1, -0.05) is 0 Å². The maximum atomic E-state index is 10.8. The van der Waals surface area contributed by atoms with E-state index in [9.17, 15) is 4.79 Å². The average Bonchev–Trinajstić information content (AvgIpc) is 2.21. The first kappa shape index (κ1) is 12.5. The summed E-state index contributed by atoms with van der Waals surface area (Å²) in [6.45, 7) is 6.30. The third-order valence-corrected chi connectivity index (χ3v) is 2.20. The fraction of sp³-hybridized carbons (Fsp3) is 0.417. The molecule has 0 aromatic heterocycles. The van der Waals surface area contributed by atoms with Crippen LogP contribution in [0.15, 0.2) is 12.1 Å². The number of carboxylic acids is 1. The summed E-state index contributed by atoms with van der Waals surface area (Å²) < 4.78 is 10.5. The summed E-state index contributed by atoms with van der Waals surface area (Å²) in [7, 11) is 0. The van der Waals surface area contributed by atoms with Gasteiger partial charge < -0.3 is 14.6 Å². The van der Waals surface area contributed by atoms with E-state index in [0.717, 1.165) is 11.1 Å². The van der Waals surface area contributed by atoms with Crippen LogP contribution in [0.4, 0.5) is 0 Å². The zero-order valence-corrected chi connectivity index (χ0v) is 9.74. The maximum Gasteiger partial charge on any atom is 0.335 e. The predicted octanol–water partition coefficient (Wildman–Crippen LogP) is 2.37. The van der Waals surface area contributed by atoms with Crippen molar-refractivity contribution in [1.29, 1.82) is 0 Å². The molecule has 0 aliphatic heterocycles. The Morgan fingerprint density at radius 1 is 1.31 bits per heavy atom. The Morgan fingerprint density at radius 3 is 2.31 bits per heavy atom. The first-order valence-electron chi connectivity index (χ1n) is 5.11. The van der Waals surface area contributed by atoms with Crippen LogP contribution in [0, 0.1) is 13.8 Å². The van der Waals surface area contributed by atoms with E-state index < -0.39 is 5.97 Å². The molecular weight excluding hydrogens is 208 g/mol. The van der Waals surface area contributed by atoms with Crippen molar-refractivity contribution in [2.75, 3.05) is 13.4 Å². The Bertz CT molecular complexity index is 362. The van der Waals surface area contributed by atoms with Crippen LogP contribution in [-0.2, 0) is 4.74 Å². The zero-order valence-electron chi connectivity index (χ0n) is 9.74. The molecule has 16 heavy (non-hydrogen) atoms. The zero-order chi connectivity index (χ0) is 12.1. The van der Waals surface area contributed by atoms with Gasteiger partial charge in [0.25, 0.3) is 0 Å². The molecule has 0 heterocycles. The summed E-state index contributed by atoms with van der Waals surface area (Å²) in [5.74, 6) is -0.235. The molecule has 1 aromatic rings. The van der Waals surface area contributed by atoms with Gasteiger partial charge in [0.2, 0.25) is 0 Å². The van der Waals surface area contributed by atoms with Gasteiger partial charge in [0, 0.05) is 6.61 Å². The maximum absolute atomic E-state index is 10.8. The lowest BCUT2D eigenvalue weighted by Gasteiger charge is -2.12. The Balaban J connectivity index is 2.89. The van der Waals surface area contributed by atoms with E-state index in [1.165, 1.54) is 0 Å². The Kier molecular flexibility index (Phi) is 4.31. The van der Waals surface area contributed by atoms with Gasteiger partial charge >= 0.3 is 5.97 Å². The molecule has 0 radical (unpaired) electrons. The number of hydrogen-bond donors (Lipinski definition) is 1. The summed E-state index contributed by atoms with van der Waals surface area (Å²) in [5.41, 5.74) is 1.88. The van der Waals surface area contributed by atoms with Gasteiger partial charge in [0.05, 0.1) is 5.56 Å². The van der Waals surface area contributed by atoms with Gasteiger partial charge in [-0.15, -0.1) is 0 Å². The molecule has 0 saturated carbocycles. The van der Waals surface area contributed by atoms with Crippen LogP contribution in [0.5, 0.6) is 5.75 Å². The van der Waals surface area contributed by atoms with Gasteiger partial charge in [0.15, 0.2) is 6.79 Å². The van der Waals surface area contributed by atoms with Gasteiger partial charge in [-0.05, 0) is 44.0 Å². The number of hydrogen-bond acceptors (Lipinski definition) is 3. The molecule has 0 aliphatic rings. The molecular formula is C12H16O4. The van der Waals surface area contributed by atoms with E-state index in [4.69, 9.17) is 14.6 Å². The summed E-state index contributed by atoms with van der Waals surface area (Å²) >= 11 is 0. The monoisotopic (exact) mass is 224 g/mol. The summed E-state index contributed by atoms with van der Waals surface area (Å²) in [6.07, 6.45) is 0. The number of carboxylic acid groups (broad SMARTS) is 1. The smallest absolute Gasteiger partial charge is 0.335 e. The van der Waals surface area contributed by atoms with Gasteiger partial charge in [0.1, 0.15) is 5.75 Å². The van der Waals surface area contributed by atoms with Crippen molar-refractivity contribution in [1.82, 2.24) is 0 Å². The lowest BCUT2D eigenvalue weighted by Crippen LogP contribution is -2.06. The van der Waals surface area contributed by atoms with E-state index in [1.807, 2.05) is 20.8 Å². The Labute approximate surface area is 94.8 Å². The van der Waals surface area contributed by atoms with Crippen molar-refractivity contribution in [2.45, 2.75) is 20.8 Å². The second kappa shape index (κ2) is 5.51. The molecule has 0 amide bonds. The van der Waals surface area contributed by atoms with Gasteiger partial charge in [-0.2, -0.15) is 0 Å². The third kappa shape index (κ3) is 2.97. The Hall–Kier alpha value is -1.55. The molecule has 0 spiro atoms. The standard InChI is InChI=1S/C12H16O4/c1-4-15-7-16-11-8(2)5-10(12(13)14)6-9(11)3/h5-6H,4,7H2,1-3H3,(H,13,14). The minimum atomic E-state index is -0.928. The number of benzene rings is 1. The SMILES string of the molecule is CCOCOc1c(C)cc(C(=O)O)cc1C. The first-order chi connectivity index (χ1) is 7.56. The molecule has 1 N–H and O–H groups in total. The van der Waals surface area contributed by atoms with E-state index in [-0.39, 0.29) is 12.4 Å². The van der Waals surface area contributed by atoms with Crippen LogP contribution in [0.2, 0.25) is 0 Å². The van der Waals surface area contributed by atoms with E-state index in [0.29, 0.717) is 12.4 Å². The van der Waals surface area contributed by atoms with Crippen LogP contribution in [0.1, 0.15) is 28.4 Å². The second-order valence-electron chi connectivity index (χ2n) is 3.50.